The van der Waals surface area contributed by atoms with Crippen LogP contribution in [0.2, 0.25) is 0 Å². The summed E-state index contributed by atoms with van der Waals surface area (Å²) in [7, 11) is 2.08. The van der Waals surface area contributed by atoms with E-state index in [9.17, 15) is 4.79 Å². The van der Waals surface area contributed by atoms with E-state index in [0.717, 1.165) is 41.5 Å². The van der Waals surface area contributed by atoms with Crippen molar-refractivity contribution in [3.05, 3.63) is 47.7 Å². The third kappa shape index (κ3) is 7.55. The second-order valence-electron chi connectivity index (χ2n) is 7.39. The zero-order valence-electron chi connectivity index (χ0n) is 18.8. The number of carbonyl (C=O) groups is 1. The molecule has 0 radical (unpaired) electrons. The van der Waals surface area contributed by atoms with Gasteiger partial charge < -0.3 is 9.21 Å². The Morgan fingerprint density at radius 2 is 1.90 bits per heavy atom. The highest BCUT2D eigenvalue weighted by Gasteiger charge is 2.19. The maximum Gasteiger partial charge on any atom is 0.214 e. The van der Waals surface area contributed by atoms with Crippen LogP contribution in [-0.2, 0) is 11.2 Å². The van der Waals surface area contributed by atoms with E-state index in [1.54, 1.807) is 16.8 Å². The predicted octanol–water partition coefficient (Wildman–Crippen LogP) is 6.37. The number of thioether (sulfide) groups is 1. The lowest BCUT2D eigenvalue weighted by atomic mass is 10.2. The first kappa shape index (κ1) is 24.6. The summed E-state index contributed by atoms with van der Waals surface area (Å²) in [5.74, 6) is 1.15. The number of hydrogen-bond donors (Lipinski definition) is 0. The predicted molar refractivity (Wildman–Crippen MR) is 134 cm³/mol. The summed E-state index contributed by atoms with van der Waals surface area (Å²) < 4.78 is 2.16. The largest absolute Gasteiger partial charge is 0.319 e. The number of para-hydroxylation sites is 1. The van der Waals surface area contributed by atoms with Gasteiger partial charge in [-0.25, -0.2) is 4.98 Å². The Kier molecular flexibility index (Phi) is 11.2. The lowest BCUT2D eigenvalue weighted by molar-refractivity contribution is -0.107. The summed E-state index contributed by atoms with van der Waals surface area (Å²) in [6.45, 7) is 5.14. The average Bonchev–Trinajstić information content (AvgIpc) is 3.19. The van der Waals surface area contributed by atoms with Crippen molar-refractivity contribution in [3.63, 3.8) is 0 Å². The standard InChI is InChI=1S/C15H22N2OS.C9H13NS/c1-2-3-4-5-6-11-19-15-8-7-14-13(16-15)9-10-17(14)12-18;1-8-6-4-5-7-9(8)10(2)11-3/h7-8,12H,2-6,9-11H2,1H3;4-7H,1-3H3. The molecule has 0 unspecified atom stereocenters. The topological polar surface area (TPSA) is 36.4 Å². The zero-order valence-corrected chi connectivity index (χ0v) is 20.4. The highest BCUT2D eigenvalue weighted by atomic mass is 32.2. The summed E-state index contributed by atoms with van der Waals surface area (Å²) in [6.07, 6.45) is 10.5. The Labute approximate surface area is 191 Å². The van der Waals surface area contributed by atoms with E-state index < -0.39 is 0 Å². The molecular formula is C24H35N3OS2. The molecule has 2 heterocycles. The van der Waals surface area contributed by atoms with Crippen molar-refractivity contribution in [2.24, 2.45) is 0 Å². The lowest BCUT2D eigenvalue weighted by Crippen LogP contribution is -2.17. The number of amides is 1. The van der Waals surface area contributed by atoms with Gasteiger partial charge in [0.15, 0.2) is 0 Å². The van der Waals surface area contributed by atoms with Crippen molar-refractivity contribution in [1.29, 1.82) is 0 Å². The number of hydrogen-bond acceptors (Lipinski definition) is 5. The number of fused-ring (bicyclic) bond motifs is 1. The van der Waals surface area contributed by atoms with E-state index in [2.05, 4.69) is 60.7 Å². The second kappa shape index (κ2) is 13.6. The van der Waals surface area contributed by atoms with E-state index in [-0.39, 0.29) is 0 Å². The minimum absolute atomic E-state index is 0.775. The molecule has 0 atom stereocenters. The number of rotatable bonds is 10. The van der Waals surface area contributed by atoms with Crippen molar-refractivity contribution in [1.82, 2.24) is 4.98 Å². The fraction of sp³-hybridized carbons (Fsp3) is 0.500. The number of benzene rings is 1. The minimum atomic E-state index is 0.775. The fourth-order valence-electron chi connectivity index (χ4n) is 3.35. The highest BCUT2D eigenvalue weighted by Crippen LogP contribution is 2.28. The summed E-state index contributed by atoms with van der Waals surface area (Å²) in [6, 6.07) is 12.5. The number of anilines is 2. The van der Waals surface area contributed by atoms with E-state index in [4.69, 9.17) is 0 Å². The summed E-state index contributed by atoms with van der Waals surface area (Å²) in [5, 5.41) is 1.10. The summed E-state index contributed by atoms with van der Waals surface area (Å²) in [5.41, 5.74) is 4.68. The Bertz CT molecular complexity index is 785. The molecule has 1 aromatic carbocycles. The monoisotopic (exact) mass is 445 g/mol. The van der Waals surface area contributed by atoms with Crippen LogP contribution < -0.4 is 9.21 Å². The number of pyridine rings is 1. The van der Waals surface area contributed by atoms with E-state index in [1.165, 1.54) is 43.4 Å². The molecule has 2 aromatic rings. The van der Waals surface area contributed by atoms with Crippen molar-refractivity contribution in [2.45, 2.75) is 57.4 Å². The number of nitrogens with zero attached hydrogens (tertiary/aromatic N) is 3. The molecule has 4 nitrogen and oxygen atoms in total. The van der Waals surface area contributed by atoms with Crippen LogP contribution in [0.4, 0.5) is 11.4 Å². The van der Waals surface area contributed by atoms with Gasteiger partial charge in [-0.15, -0.1) is 11.8 Å². The number of carbonyl (C=O) groups excluding carboxylic acids is 1. The number of aryl methyl sites for hydroxylation is 1. The van der Waals surface area contributed by atoms with Gasteiger partial charge in [0.2, 0.25) is 6.41 Å². The molecule has 0 N–H and O–H groups in total. The van der Waals surface area contributed by atoms with E-state index in [1.807, 2.05) is 23.9 Å². The molecule has 0 saturated heterocycles. The van der Waals surface area contributed by atoms with Crippen molar-refractivity contribution < 1.29 is 4.79 Å². The third-order valence-corrected chi connectivity index (χ3v) is 6.94. The maximum atomic E-state index is 10.8. The van der Waals surface area contributed by atoms with Gasteiger partial charge in [0, 0.05) is 32.0 Å². The zero-order chi connectivity index (χ0) is 21.8. The van der Waals surface area contributed by atoms with Gasteiger partial charge >= 0.3 is 0 Å². The molecule has 1 amide bonds. The molecule has 6 heteroatoms. The quantitative estimate of drug-likeness (QED) is 0.184. The van der Waals surface area contributed by atoms with Gasteiger partial charge in [-0.05, 0) is 42.9 Å². The van der Waals surface area contributed by atoms with Gasteiger partial charge in [0.25, 0.3) is 0 Å². The van der Waals surface area contributed by atoms with Crippen LogP contribution in [0.15, 0.2) is 41.4 Å². The van der Waals surface area contributed by atoms with Crippen LogP contribution in [0.5, 0.6) is 0 Å². The first-order valence-electron chi connectivity index (χ1n) is 10.8. The maximum absolute atomic E-state index is 10.8. The number of unbranched alkanes of at least 4 members (excludes halogenated alkanes) is 4. The van der Waals surface area contributed by atoms with Crippen LogP contribution in [0.25, 0.3) is 0 Å². The smallest absolute Gasteiger partial charge is 0.214 e. The van der Waals surface area contributed by atoms with Crippen molar-refractivity contribution in [2.75, 3.05) is 34.8 Å². The molecule has 30 heavy (non-hydrogen) atoms. The Morgan fingerprint density at radius 1 is 1.13 bits per heavy atom. The van der Waals surface area contributed by atoms with Crippen LogP contribution in [0.3, 0.4) is 0 Å². The van der Waals surface area contributed by atoms with Gasteiger partial charge in [-0.3, -0.25) is 4.79 Å². The second-order valence-corrected chi connectivity index (χ2v) is 9.42. The average molecular weight is 446 g/mol. The molecule has 0 fully saturated rings. The van der Waals surface area contributed by atoms with Gasteiger partial charge in [0.1, 0.15) is 0 Å². The van der Waals surface area contributed by atoms with Crippen LogP contribution in [-0.4, -0.2) is 37.0 Å². The summed E-state index contributed by atoms with van der Waals surface area (Å²) >= 11 is 3.56. The lowest BCUT2D eigenvalue weighted by Gasteiger charge is -2.17. The molecule has 0 bridgehead atoms. The highest BCUT2D eigenvalue weighted by molar-refractivity contribution is 8.00. The normalized spacial score (nSPS) is 12.2. The van der Waals surface area contributed by atoms with Gasteiger partial charge in [-0.2, -0.15) is 0 Å². The SMILES string of the molecule is CCCCCCCSc1ccc2c(n1)CCN2C=O.CSN(C)c1ccccc1C. The number of aromatic nitrogens is 1. The van der Waals surface area contributed by atoms with E-state index in [0.29, 0.717) is 0 Å². The molecule has 0 aliphatic carbocycles. The molecule has 0 spiro atoms. The molecular weight excluding hydrogens is 410 g/mol. The molecule has 0 saturated carbocycles. The van der Waals surface area contributed by atoms with Crippen LogP contribution in [0.1, 0.15) is 50.3 Å². The van der Waals surface area contributed by atoms with Crippen LogP contribution in [0, 0.1) is 6.92 Å². The minimum Gasteiger partial charge on any atom is -0.319 e. The Hall–Kier alpha value is -1.66. The molecule has 164 valence electrons. The van der Waals surface area contributed by atoms with Gasteiger partial charge in [-0.1, -0.05) is 62.8 Å². The molecule has 1 aliphatic heterocycles. The fourth-order valence-corrected chi connectivity index (χ4v) is 4.65. The molecule has 1 aliphatic rings. The Morgan fingerprint density at radius 3 is 2.60 bits per heavy atom. The summed E-state index contributed by atoms with van der Waals surface area (Å²) in [4.78, 5) is 17.2. The van der Waals surface area contributed by atoms with E-state index >= 15 is 0 Å². The van der Waals surface area contributed by atoms with Crippen molar-refractivity contribution >= 4 is 41.5 Å². The first-order chi connectivity index (χ1) is 14.6. The molecule has 1 aromatic heterocycles. The third-order valence-electron chi connectivity index (χ3n) is 5.18. The van der Waals surface area contributed by atoms with Crippen LogP contribution >= 0.6 is 23.7 Å². The first-order valence-corrected chi connectivity index (χ1v) is 13.0. The Balaban J connectivity index is 0.000000248. The van der Waals surface area contributed by atoms with Crippen molar-refractivity contribution in [3.8, 4) is 0 Å². The molecule has 3 rings (SSSR count). The van der Waals surface area contributed by atoms with Gasteiger partial charge in [0.05, 0.1) is 16.4 Å².